The zero-order valence-electron chi connectivity index (χ0n) is 11.1. The Bertz CT molecular complexity index is 460. The van der Waals surface area contributed by atoms with Crippen molar-refractivity contribution >= 4 is 23.2 Å². The second-order valence-corrected chi connectivity index (χ2v) is 6.06. The average molecular weight is 281 g/mol. The number of carboxylic acids is 1. The van der Waals surface area contributed by atoms with Crippen molar-refractivity contribution in [2.75, 3.05) is 0 Å². The largest absolute Gasteiger partial charge is 0.480 e. The maximum absolute atomic E-state index is 12.1. The molecule has 0 saturated heterocycles. The minimum Gasteiger partial charge on any atom is -0.480 e. The van der Waals surface area contributed by atoms with Gasteiger partial charge in [-0.3, -0.25) is 4.79 Å². The second-order valence-electron chi connectivity index (χ2n) is 4.92. The van der Waals surface area contributed by atoms with E-state index in [1.807, 2.05) is 13.0 Å². The first kappa shape index (κ1) is 14.1. The standard InChI is InChI=1S/C14H19NO3S/c1-2-3-6-10(14(17)18)15-13(16)12-8-9-5-4-7-11(9)19-12/h8,10H,2-7H2,1H3,(H,15,16)(H,17,18). The topological polar surface area (TPSA) is 66.4 Å². The molecule has 19 heavy (non-hydrogen) atoms. The highest BCUT2D eigenvalue weighted by Gasteiger charge is 2.23. The maximum Gasteiger partial charge on any atom is 0.326 e. The van der Waals surface area contributed by atoms with Crippen LogP contribution in [0.15, 0.2) is 6.07 Å². The van der Waals surface area contributed by atoms with E-state index in [-0.39, 0.29) is 5.91 Å². The number of rotatable bonds is 6. The van der Waals surface area contributed by atoms with E-state index in [0.29, 0.717) is 11.3 Å². The number of hydrogen-bond acceptors (Lipinski definition) is 3. The van der Waals surface area contributed by atoms with Crippen molar-refractivity contribution in [3.8, 4) is 0 Å². The van der Waals surface area contributed by atoms with Crippen LogP contribution in [-0.2, 0) is 17.6 Å². The summed E-state index contributed by atoms with van der Waals surface area (Å²) in [5, 5.41) is 11.7. The Hall–Kier alpha value is -1.36. The third kappa shape index (κ3) is 3.35. The highest BCUT2D eigenvalue weighted by molar-refractivity contribution is 7.14. The van der Waals surface area contributed by atoms with E-state index >= 15 is 0 Å². The Balaban J connectivity index is 1.99. The molecule has 0 fully saturated rings. The summed E-state index contributed by atoms with van der Waals surface area (Å²) in [7, 11) is 0. The smallest absolute Gasteiger partial charge is 0.326 e. The molecule has 1 aromatic heterocycles. The van der Waals surface area contributed by atoms with E-state index < -0.39 is 12.0 Å². The van der Waals surface area contributed by atoms with Crippen LogP contribution in [0.3, 0.4) is 0 Å². The quantitative estimate of drug-likeness (QED) is 0.842. The Morgan fingerprint density at radius 3 is 2.89 bits per heavy atom. The van der Waals surface area contributed by atoms with Gasteiger partial charge < -0.3 is 10.4 Å². The lowest BCUT2D eigenvalue weighted by Crippen LogP contribution is -2.40. The second kappa shape index (κ2) is 6.19. The van der Waals surface area contributed by atoms with E-state index in [1.165, 1.54) is 21.8 Å². The van der Waals surface area contributed by atoms with Crippen LogP contribution in [0.2, 0.25) is 0 Å². The summed E-state index contributed by atoms with van der Waals surface area (Å²) in [6.45, 7) is 2.00. The molecule has 1 heterocycles. The van der Waals surface area contributed by atoms with Crippen LogP contribution in [0.1, 0.15) is 52.7 Å². The van der Waals surface area contributed by atoms with Gasteiger partial charge in [-0.25, -0.2) is 4.79 Å². The van der Waals surface area contributed by atoms with Gasteiger partial charge in [0.1, 0.15) is 6.04 Å². The number of thiophene rings is 1. The summed E-state index contributed by atoms with van der Waals surface area (Å²) >= 11 is 1.50. The van der Waals surface area contributed by atoms with Gasteiger partial charge in [-0.2, -0.15) is 0 Å². The number of aryl methyl sites for hydroxylation is 2. The van der Waals surface area contributed by atoms with Crippen molar-refractivity contribution in [2.24, 2.45) is 0 Å². The lowest BCUT2D eigenvalue weighted by atomic mass is 10.1. The minimum absolute atomic E-state index is 0.247. The van der Waals surface area contributed by atoms with Gasteiger partial charge in [0.2, 0.25) is 0 Å². The number of unbranched alkanes of at least 4 members (excludes halogenated alkanes) is 1. The number of carbonyl (C=O) groups excluding carboxylic acids is 1. The first-order chi connectivity index (χ1) is 9.11. The molecule has 5 heteroatoms. The Labute approximate surface area is 116 Å². The number of carbonyl (C=O) groups is 2. The molecule has 2 N–H and O–H groups in total. The van der Waals surface area contributed by atoms with E-state index in [9.17, 15) is 9.59 Å². The molecule has 0 spiro atoms. The summed E-state index contributed by atoms with van der Waals surface area (Å²) in [5.74, 6) is -1.20. The molecule has 104 valence electrons. The number of carboxylic acid groups (broad SMARTS) is 1. The van der Waals surface area contributed by atoms with Gasteiger partial charge in [0.25, 0.3) is 5.91 Å². The Morgan fingerprint density at radius 2 is 2.26 bits per heavy atom. The molecule has 1 aliphatic rings. The van der Waals surface area contributed by atoms with Gasteiger partial charge in [-0.1, -0.05) is 19.8 Å². The molecule has 0 bridgehead atoms. The number of fused-ring (bicyclic) bond motifs is 1. The third-order valence-electron chi connectivity index (χ3n) is 3.42. The van der Waals surface area contributed by atoms with Crippen LogP contribution in [0, 0.1) is 0 Å². The predicted molar refractivity (Wildman–Crippen MR) is 74.8 cm³/mol. The van der Waals surface area contributed by atoms with Crippen molar-refractivity contribution in [1.29, 1.82) is 0 Å². The number of hydrogen-bond donors (Lipinski definition) is 2. The SMILES string of the molecule is CCCCC(NC(=O)c1cc2c(s1)CCC2)C(=O)O. The summed E-state index contributed by atoms with van der Waals surface area (Å²) in [4.78, 5) is 25.1. The van der Waals surface area contributed by atoms with E-state index in [1.54, 1.807) is 0 Å². The first-order valence-electron chi connectivity index (χ1n) is 6.77. The Morgan fingerprint density at radius 1 is 1.47 bits per heavy atom. The van der Waals surface area contributed by atoms with Crippen molar-refractivity contribution in [3.05, 3.63) is 21.4 Å². The molecule has 0 radical (unpaired) electrons. The molecule has 4 nitrogen and oxygen atoms in total. The molecule has 0 aromatic carbocycles. The van der Waals surface area contributed by atoms with Gasteiger partial charge in [-0.15, -0.1) is 11.3 Å². The molecule has 1 aromatic rings. The predicted octanol–water partition coefficient (Wildman–Crippen LogP) is 2.61. The molecule has 1 amide bonds. The first-order valence-corrected chi connectivity index (χ1v) is 7.58. The van der Waals surface area contributed by atoms with Crippen molar-refractivity contribution in [3.63, 3.8) is 0 Å². The highest BCUT2D eigenvalue weighted by Crippen LogP contribution is 2.30. The summed E-state index contributed by atoms with van der Waals surface area (Å²) in [5.41, 5.74) is 1.26. The average Bonchev–Trinajstić information content (AvgIpc) is 2.94. The fourth-order valence-corrected chi connectivity index (χ4v) is 3.49. The lowest BCUT2D eigenvalue weighted by molar-refractivity contribution is -0.139. The van der Waals surface area contributed by atoms with E-state index in [2.05, 4.69) is 5.32 Å². The van der Waals surface area contributed by atoms with Gasteiger partial charge in [0.15, 0.2) is 0 Å². The number of nitrogens with one attached hydrogen (secondary N) is 1. The summed E-state index contributed by atoms with van der Waals surface area (Å²) in [6.07, 6.45) is 5.47. The van der Waals surface area contributed by atoms with E-state index in [0.717, 1.165) is 32.1 Å². The normalized spacial score (nSPS) is 15.0. The fourth-order valence-electron chi connectivity index (χ4n) is 2.34. The number of amides is 1. The van der Waals surface area contributed by atoms with Gasteiger partial charge in [-0.05, 0) is 37.3 Å². The van der Waals surface area contributed by atoms with Gasteiger partial charge >= 0.3 is 5.97 Å². The van der Waals surface area contributed by atoms with Crippen molar-refractivity contribution in [2.45, 2.75) is 51.5 Å². The number of aliphatic carboxylic acids is 1. The molecule has 0 aliphatic heterocycles. The molecule has 1 unspecified atom stereocenters. The molecule has 1 atom stereocenters. The van der Waals surface area contributed by atoms with Crippen molar-refractivity contribution < 1.29 is 14.7 Å². The zero-order valence-corrected chi connectivity index (χ0v) is 11.9. The van der Waals surface area contributed by atoms with Gasteiger partial charge in [0.05, 0.1) is 4.88 Å². The van der Waals surface area contributed by atoms with Crippen LogP contribution >= 0.6 is 11.3 Å². The van der Waals surface area contributed by atoms with Crippen LogP contribution in [0.5, 0.6) is 0 Å². The maximum atomic E-state index is 12.1. The molecule has 1 aliphatic carbocycles. The fraction of sp³-hybridized carbons (Fsp3) is 0.571. The molecular weight excluding hydrogens is 262 g/mol. The zero-order chi connectivity index (χ0) is 13.8. The van der Waals surface area contributed by atoms with E-state index in [4.69, 9.17) is 5.11 Å². The van der Waals surface area contributed by atoms with Gasteiger partial charge in [0, 0.05) is 4.88 Å². The third-order valence-corrected chi connectivity index (χ3v) is 4.66. The van der Waals surface area contributed by atoms with Crippen molar-refractivity contribution in [1.82, 2.24) is 5.32 Å². The van der Waals surface area contributed by atoms with Crippen LogP contribution < -0.4 is 5.32 Å². The lowest BCUT2D eigenvalue weighted by Gasteiger charge is -2.13. The Kier molecular flexibility index (Phi) is 4.58. The molecule has 2 rings (SSSR count). The van der Waals surface area contributed by atoms with Crippen LogP contribution in [0.4, 0.5) is 0 Å². The van der Waals surface area contributed by atoms with Crippen LogP contribution in [-0.4, -0.2) is 23.0 Å². The van der Waals surface area contributed by atoms with Crippen LogP contribution in [0.25, 0.3) is 0 Å². The molecular formula is C14H19NO3S. The minimum atomic E-state index is -0.953. The highest BCUT2D eigenvalue weighted by atomic mass is 32.1. The monoisotopic (exact) mass is 281 g/mol. The summed E-state index contributed by atoms with van der Waals surface area (Å²) in [6, 6.07) is 1.14. The molecule has 0 saturated carbocycles. The summed E-state index contributed by atoms with van der Waals surface area (Å²) < 4.78 is 0.